The lowest BCUT2D eigenvalue weighted by molar-refractivity contribution is -0.251. The molecule has 0 spiro atoms. The van der Waals surface area contributed by atoms with Crippen molar-refractivity contribution in [3.05, 3.63) is 35.9 Å². The lowest BCUT2D eigenvalue weighted by Crippen LogP contribution is -2.45. The summed E-state index contributed by atoms with van der Waals surface area (Å²) in [6.07, 6.45) is -0.284. The van der Waals surface area contributed by atoms with E-state index >= 15 is 0 Å². The third-order valence-electron chi connectivity index (χ3n) is 3.05. The van der Waals surface area contributed by atoms with Crippen molar-refractivity contribution in [1.82, 2.24) is 0 Å². The minimum absolute atomic E-state index is 0.200. The molecule has 0 N–H and O–H groups in total. The molecule has 1 heterocycles. The van der Waals surface area contributed by atoms with Crippen LogP contribution >= 0.6 is 0 Å². The summed E-state index contributed by atoms with van der Waals surface area (Å²) < 4.78 is 22.1. The third kappa shape index (κ3) is 4.56. The van der Waals surface area contributed by atoms with Crippen LogP contribution in [0.25, 0.3) is 0 Å². The smallest absolute Gasteiger partial charge is 0.183 e. The van der Waals surface area contributed by atoms with Gasteiger partial charge in [0, 0.05) is 19.8 Å². The lowest BCUT2D eigenvalue weighted by atomic mass is 9.91. The topological polar surface area (TPSA) is 36.9 Å². The fourth-order valence-electron chi connectivity index (χ4n) is 2.22. The van der Waals surface area contributed by atoms with E-state index < -0.39 is 0 Å². The summed E-state index contributed by atoms with van der Waals surface area (Å²) in [5.74, 6) is 0. The Morgan fingerprint density at radius 1 is 1.00 bits per heavy atom. The Bertz CT molecular complexity index is 337. The van der Waals surface area contributed by atoms with Gasteiger partial charge in [-0.2, -0.15) is 0 Å². The average molecular weight is 282 g/mol. The molecule has 1 aromatic rings. The van der Waals surface area contributed by atoms with Crippen molar-refractivity contribution in [1.29, 1.82) is 0 Å². The molecular weight excluding hydrogens is 256 g/mol. The zero-order chi connectivity index (χ0) is 14.8. The summed E-state index contributed by atoms with van der Waals surface area (Å²) >= 11 is 0. The van der Waals surface area contributed by atoms with Crippen molar-refractivity contribution in [2.45, 2.75) is 20.1 Å². The molecule has 0 bridgehead atoms. The van der Waals surface area contributed by atoms with Crippen LogP contribution in [0.5, 0.6) is 0 Å². The van der Waals surface area contributed by atoms with E-state index in [4.69, 9.17) is 18.9 Å². The Balaban J connectivity index is 0.000000956. The Hall–Kier alpha value is -0.940. The van der Waals surface area contributed by atoms with Crippen molar-refractivity contribution in [2.75, 3.05) is 40.6 Å². The standard InChI is InChI=1S/C14H20O4.C2H6/c1-15-8-14(9-16-2)10-17-13(18-11-14)12-6-4-3-5-7-12;1-2/h3-7,13H,8-11H2,1-2H3;1-2H3. The summed E-state index contributed by atoms with van der Waals surface area (Å²) in [4.78, 5) is 0. The molecule has 0 aliphatic carbocycles. The van der Waals surface area contributed by atoms with Crippen molar-refractivity contribution < 1.29 is 18.9 Å². The quantitative estimate of drug-likeness (QED) is 0.832. The Labute approximate surface area is 122 Å². The van der Waals surface area contributed by atoms with E-state index in [1.54, 1.807) is 14.2 Å². The summed E-state index contributed by atoms with van der Waals surface area (Å²) in [7, 11) is 3.36. The predicted octanol–water partition coefficient (Wildman–Crippen LogP) is 3.04. The van der Waals surface area contributed by atoms with Crippen LogP contribution in [0.1, 0.15) is 25.7 Å². The van der Waals surface area contributed by atoms with Gasteiger partial charge in [-0.05, 0) is 0 Å². The SMILES string of the molecule is CC.COCC1(COC)COC(c2ccccc2)OC1. The molecule has 0 aromatic heterocycles. The fourth-order valence-corrected chi connectivity index (χ4v) is 2.22. The van der Waals surface area contributed by atoms with Gasteiger partial charge >= 0.3 is 0 Å². The van der Waals surface area contributed by atoms with Crippen molar-refractivity contribution in [3.8, 4) is 0 Å². The summed E-state index contributed by atoms with van der Waals surface area (Å²) in [5.41, 5.74) is 0.843. The molecule has 0 atom stereocenters. The van der Waals surface area contributed by atoms with Crippen LogP contribution in [-0.2, 0) is 18.9 Å². The van der Waals surface area contributed by atoms with Gasteiger partial charge < -0.3 is 18.9 Å². The molecule has 1 aliphatic rings. The number of rotatable bonds is 5. The minimum atomic E-state index is -0.284. The van der Waals surface area contributed by atoms with Gasteiger partial charge in [-0.3, -0.25) is 0 Å². The van der Waals surface area contributed by atoms with Gasteiger partial charge in [-0.1, -0.05) is 44.2 Å². The first-order valence-electron chi connectivity index (χ1n) is 7.06. The van der Waals surface area contributed by atoms with Crippen molar-refractivity contribution in [2.24, 2.45) is 5.41 Å². The Morgan fingerprint density at radius 3 is 1.95 bits per heavy atom. The Kier molecular flexibility index (Phi) is 7.77. The largest absolute Gasteiger partial charge is 0.384 e. The molecule has 114 valence electrons. The number of hydrogen-bond donors (Lipinski definition) is 0. The van der Waals surface area contributed by atoms with Gasteiger partial charge in [-0.25, -0.2) is 0 Å². The molecular formula is C16H26O4. The highest BCUT2D eigenvalue weighted by molar-refractivity contribution is 5.16. The van der Waals surface area contributed by atoms with Gasteiger partial charge in [0.05, 0.1) is 31.8 Å². The fraction of sp³-hybridized carbons (Fsp3) is 0.625. The summed E-state index contributed by atoms with van der Waals surface area (Å²) in [5, 5.41) is 0. The van der Waals surface area contributed by atoms with E-state index in [9.17, 15) is 0 Å². The molecule has 0 amide bonds. The summed E-state index contributed by atoms with van der Waals surface area (Å²) in [6, 6.07) is 9.95. The van der Waals surface area contributed by atoms with Crippen LogP contribution in [0.15, 0.2) is 30.3 Å². The highest BCUT2D eigenvalue weighted by Gasteiger charge is 2.37. The average Bonchev–Trinajstić information content (AvgIpc) is 2.51. The molecule has 0 saturated carbocycles. The monoisotopic (exact) mass is 282 g/mol. The predicted molar refractivity (Wildman–Crippen MR) is 78.6 cm³/mol. The van der Waals surface area contributed by atoms with E-state index in [1.807, 2.05) is 44.2 Å². The maximum absolute atomic E-state index is 5.80. The molecule has 1 aromatic carbocycles. The Morgan fingerprint density at radius 2 is 1.50 bits per heavy atom. The van der Waals surface area contributed by atoms with E-state index in [0.717, 1.165) is 5.56 Å². The van der Waals surface area contributed by atoms with Crippen LogP contribution in [0.4, 0.5) is 0 Å². The number of methoxy groups -OCH3 is 2. The van der Waals surface area contributed by atoms with Crippen LogP contribution in [-0.4, -0.2) is 40.6 Å². The number of hydrogen-bond acceptors (Lipinski definition) is 4. The molecule has 2 rings (SSSR count). The van der Waals surface area contributed by atoms with Gasteiger partial charge in [-0.15, -0.1) is 0 Å². The highest BCUT2D eigenvalue weighted by atomic mass is 16.7. The molecule has 1 fully saturated rings. The molecule has 1 saturated heterocycles. The van der Waals surface area contributed by atoms with Gasteiger partial charge in [0.2, 0.25) is 0 Å². The third-order valence-corrected chi connectivity index (χ3v) is 3.05. The van der Waals surface area contributed by atoms with Crippen LogP contribution in [0.3, 0.4) is 0 Å². The number of benzene rings is 1. The van der Waals surface area contributed by atoms with E-state index in [-0.39, 0.29) is 11.7 Å². The maximum Gasteiger partial charge on any atom is 0.183 e. The second-order valence-corrected chi connectivity index (χ2v) is 4.73. The van der Waals surface area contributed by atoms with E-state index in [2.05, 4.69) is 0 Å². The normalized spacial score (nSPS) is 18.2. The molecule has 20 heavy (non-hydrogen) atoms. The highest BCUT2D eigenvalue weighted by Crippen LogP contribution is 2.32. The second kappa shape index (κ2) is 9.08. The van der Waals surface area contributed by atoms with Crippen LogP contribution in [0.2, 0.25) is 0 Å². The van der Waals surface area contributed by atoms with E-state index in [0.29, 0.717) is 26.4 Å². The van der Waals surface area contributed by atoms with Crippen LogP contribution in [0, 0.1) is 5.41 Å². The zero-order valence-corrected chi connectivity index (χ0v) is 12.9. The molecule has 0 unspecified atom stereocenters. The van der Waals surface area contributed by atoms with Crippen LogP contribution < -0.4 is 0 Å². The van der Waals surface area contributed by atoms with E-state index in [1.165, 1.54) is 0 Å². The first-order chi connectivity index (χ1) is 9.79. The molecule has 4 nitrogen and oxygen atoms in total. The molecule has 4 heteroatoms. The summed E-state index contributed by atoms with van der Waals surface area (Å²) in [6.45, 7) is 6.30. The second-order valence-electron chi connectivity index (χ2n) is 4.73. The van der Waals surface area contributed by atoms with Crippen molar-refractivity contribution >= 4 is 0 Å². The van der Waals surface area contributed by atoms with Gasteiger partial charge in [0.25, 0.3) is 0 Å². The number of ether oxygens (including phenoxy) is 4. The lowest BCUT2D eigenvalue weighted by Gasteiger charge is -2.39. The minimum Gasteiger partial charge on any atom is -0.384 e. The van der Waals surface area contributed by atoms with Crippen molar-refractivity contribution in [3.63, 3.8) is 0 Å². The first kappa shape index (κ1) is 17.1. The maximum atomic E-state index is 5.80. The molecule has 0 radical (unpaired) electrons. The van der Waals surface area contributed by atoms with Gasteiger partial charge in [0.1, 0.15) is 0 Å². The molecule has 1 aliphatic heterocycles. The van der Waals surface area contributed by atoms with Gasteiger partial charge in [0.15, 0.2) is 6.29 Å². The zero-order valence-electron chi connectivity index (χ0n) is 12.9. The first-order valence-corrected chi connectivity index (χ1v) is 7.06.